The first-order chi connectivity index (χ1) is 8.32. The second-order valence-corrected chi connectivity index (χ2v) is 6.78. The fourth-order valence-corrected chi connectivity index (χ4v) is 2.39. The Kier molecular flexibility index (Phi) is 5.40. The van der Waals surface area contributed by atoms with Crippen molar-refractivity contribution < 1.29 is 5.11 Å². The van der Waals surface area contributed by atoms with Crippen molar-refractivity contribution in [3.05, 3.63) is 35.4 Å². The Morgan fingerprint density at radius 3 is 2.00 bits per heavy atom. The molecule has 18 heavy (non-hydrogen) atoms. The van der Waals surface area contributed by atoms with E-state index in [1.54, 1.807) is 0 Å². The summed E-state index contributed by atoms with van der Waals surface area (Å²) in [5, 5.41) is 9.08. The van der Waals surface area contributed by atoms with Crippen LogP contribution in [0.25, 0.3) is 0 Å². The molecular weight excluding hydrogens is 220 g/mol. The Balaban J connectivity index is 2.58. The second kappa shape index (κ2) is 6.38. The van der Waals surface area contributed by atoms with Gasteiger partial charge in [-0.2, -0.15) is 0 Å². The van der Waals surface area contributed by atoms with Gasteiger partial charge in [0.05, 0.1) is 0 Å². The van der Waals surface area contributed by atoms with E-state index in [4.69, 9.17) is 5.11 Å². The van der Waals surface area contributed by atoms with Crippen LogP contribution < -0.4 is 0 Å². The number of hydrogen-bond donors (Lipinski definition) is 1. The Labute approximate surface area is 112 Å². The van der Waals surface area contributed by atoms with Crippen molar-refractivity contribution in [1.82, 2.24) is 0 Å². The lowest BCUT2D eigenvalue weighted by Crippen LogP contribution is -2.11. The van der Waals surface area contributed by atoms with Gasteiger partial charge in [0.2, 0.25) is 0 Å². The average molecular weight is 248 g/mol. The van der Waals surface area contributed by atoms with E-state index in [-0.39, 0.29) is 5.41 Å². The summed E-state index contributed by atoms with van der Waals surface area (Å²) in [5.41, 5.74) is 3.03. The molecule has 0 fully saturated rings. The van der Waals surface area contributed by atoms with Crippen molar-refractivity contribution in [3.63, 3.8) is 0 Å². The monoisotopic (exact) mass is 248 g/mol. The summed E-state index contributed by atoms with van der Waals surface area (Å²) in [6, 6.07) is 9.00. The van der Waals surface area contributed by atoms with Gasteiger partial charge in [-0.15, -0.1) is 0 Å². The predicted molar refractivity (Wildman–Crippen MR) is 78.9 cm³/mol. The second-order valence-electron chi connectivity index (χ2n) is 6.78. The average Bonchev–Trinajstić information content (AvgIpc) is 2.28. The molecule has 102 valence electrons. The standard InChI is InChI=1S/C17H28O/c1-13(10-14(2)12-18)11-15-6-8-16(9-7-15)17(3,4)5/h6-9,13-14,18H,10-12H2,1-5H3. The minimum atomic E-state index is 0.232. The minimum absolute atomic E-state index is 0.232. The van der Waals surface area contributed by atoms with E-state index in [0.717, 1.165) is 12.8 Å². The first-order valence-corrected chi connectivity index (χ1v) is 7.03. The van der Waals surface area contributed by atoms with E-state index in [9.17, 15) is 0 Å². The number of rotatable bonds is 5. The molecule has 0 radical (unpaired) electrons. The third-order valence-corrected chi connectivity index (χ3v) is 3.52. The summed E-state index contributed by atoms with van der Waals surface area (Å²) in [6.45, 7) is 11.4. The van der Waals surface area contributed by atoms with Gasteiger partial charge in [-0.25, -0.2) is 0 Å². The summed E-state index contributed by atoms with van der Waals surface area (Å²) < 4.78 is 0. The van der Waals surface area contributed by atoms with Gasteiger partial charge in [-0.05, 0) is 41.2 Å². The van der Waals surface area contributed by atoms with Gasteiger partial charge in [-0.1, -0.05) is 58.9 Å². The maximum Gasteiger partial charge on any atom is 0.0456 e. The quantitative estimate of drug-likeness (QED) is 0.828. The zero-order valence-corrected chi connectivity index (χ0v) is 12.5. The van der Waals surface area contributed by atoms with Gasteiger partial charge >= 0.3 is 0 Å². The van der Waals surface area contributed by atoms with Crippen LogP contribution >= 0.6 is 0 Å². The van der Waals surface area contributed by atoms with Gasteiger partial charge < -0.3 is 5.11 Å². The fraction of sp³-hybridized carbons (Fsp3) is 0.647. The van der Waals surface area contributed by atoms with Crippen molar-refractivity contribution in [2.24, 2.45) is 11.8 Å². The molecule has 0 aliphatic rings. The normalized spacial score (nSPS) is 15.4. The first-order valence-electron chi connectivity index (χ1n) is 7.03. The number of aliphatic hydroxyl groups is 1. The van der Waals surface area contributed by atoms with Crippen molar-refractivity contribution in [2.75, 3.05) is 6.61 Å². The maximum absolute atomic E-state index is 9.08. The highest BCUT2D eigenvalue weighted by Crippen LogP contribution is 2.23. The molecule has 0 bridgehead atoms. The molecule has 0 aromatic heterocycles. The van der Waals surface area contributed by atoms with Gasteiger partial charge in [0.15, 0.2) is 0 Å². The van der Waals surface area contributed by atoms with Gasteiger partial charge in [0, 0.05) is 6.61 Å². The summed E-state index contributed by atoms with van der Waals surface area (Å²) in [6.07, 6.45) is 2.20. The highest BCUT2D eigenvalue weighted by Gasteiger charge is 2.13. The first kappa shape index (κ1) is 15.2. The van der Waals surface area contributed by atoms with Crippen molar-refractivity contribution in [3.8, 4) is 0 Å². The molecule has 1 nitrogen and oxygen atoms in total. The van der Waals surface area contributed by atoms with Crippen LogP contribution in [0.1, 0.15) is 52.2 Å². The molecule has 0 saturated heterocycles. The summed E-state index contributed by atoms with van der Waals surface area (Å²) >= 11 is 0. The van der Waals surface area contributed by atoms with Crippen LogP contribution in [0.4, 0.5) is 0 Å². The van der Waals surface area contributed by atoms with Gasteiger partial charge in [0.25, 0.3) is 0 Å². The Morgan fingerprint density at radius 2 is 1.56 bits per heavy atom. The van der Waals surface area contributed by atoms with Crippen LogP contribution in [-0.4, -0.2) is 11.7 Å². The van der Waals surface area contributed by atoms with E-state index in [2.05, 4.69) is 58.9 Å². The third kappa shape index (κ3) is 4.81. The van der Waals surface area contributed by atoms with Crippen LogP contribution in [-0.2, 0) is 11.8 Å². The topological polar surface area (TPSA) is 20.2 Å². The molecular formula is C17H28O. The summed E-state index contributed by atoms with van der Waals surface area (Å²) in [5.74, 6) is 1.04. The third-order valence-electron chi connectivity index (χ3n) is 3.52. The Morgan fingerprint density at radius 1 is 1.00 bits per heavy atom. The molecule has 2 unspecified atom stereocenters. The number of benzene rings is 1. The van der Waals surface area contributed by atoms with Crippen LogP contribution in [0.3, 0.4) is 0 Å². The number of hydrogen-bond acceptors (Lipinski definition) is 1. The largest absolute Gasteiger partial charge is 0.396 e. The smallest absolute Gasteiger partial charge is 0.0456 e. The molecule has 1 aromatic rings. The van der Waals surface area contributed by atoms with Crippen molar-refractivity contribution >= 4 is 0 Å². The van der Waals surface area contributed by atoms with Crippen LogP contribution in [0.5, 0.6) is 0 Å². The van der Waals surface area contributed by atoms with E-state index in [1.165, 1.54) is 11.1 Å². The molecule has 0 aliphatic heterocycles. The van der Waals surface area contributed by atoms with Crippen molar-refractivity contribution in [1.29, 1.82) is 0 Å². The molecule has 1 N–H and O–H groups in total. The Bertz CT molecular complexity index is 345. The molecule has 0 amide bonds. The highest BCUT2D eigenvalue weighted by atomic mass is 16.3. The lowest BCUT2D eigenvalue weighted by molar-refractivity contribution is 0.215. The Hall–Kier alpha value is -0.820. The molecule has 1 rings (SSSR count). The highest BCUT2D eigenvalue weighted by molar-refractivity contribution is 5.27. The van der Waals surface area contributed by atoms with E-state index in [0.29, 0.717) is 18.4 Å². The molecule has 0 saturated carbocycles. The molecule has 0 heterocycles. The molecule has 2 atom stereocenters. The van der Waals surface area contributed by atoms with E-state index < -0.39 is 0 Å². The van der Waals surface area contributed by atoms with E-state index >= 15 is 0 Å². The predicted octanol–water partition coefficient (Wildman–Crippen LogP) is 4.18. The maximum atomic E-state index is 9.08. The SMILES string of the molecule is CC(CO)CC(C)Cc1ccc(C(C)(C)C)cc1. The van der Waals surface area contributed by atoms with Crippen LogP contribution in [0.2, 0.25) is 0 Å². The van der Waals surface area contributed by atoms with Gasteiger partial charge in [-0.3, -0.25) is 0 Å². The zero-order chi connectivity index (χ0) is 13.8. The molecule has 0 aliphatic carbocycles. The molecule has 1 heteroatoms. The lowest BCUT2D eigenvalue weighted by atomic mass is 9.85. The van der Waals surface area contributed by atoms with Crippen molar-refractivity contribution in [2.45, 2.75) is 52.9 Å². The summed E-state index contributed by atoms with van der Waals surface area (Å²) in [4.78, 5) is 0. The van der Waals surface area contributed by atoms with Crippen LogP contribution in [0.15, 0.2) is 24.3 Å². The fourth-order valence-electron chi connectivity index (χ4n) is 2.39. The van der Waals surface area contributed by atoms with Gasteiger partial charge in [0.1, 0.15) is 0 Å². The lowest BCUT2D eigenvalue weighted by Gasteiger charge is -2.20. The zero-order valence-electron chi connectivity index (χ0n) is 12.5. The van der Waals surface area contributed by atoms with E-state index in [1.807, 2.05) is 0 Å². The molecule has 1 aromatic carbocycles. The molecule has 0 spiro atoms. The summed E-state index contributed by atoms with van der Waals surface area (Å²) in [7, 11) is 0. The number of aliphatic hydroxyl groups excluding tert-OH is 1. The minimum Gasteiger partial charge on any atom is -0.396 e. The van der Waals surface area contributed by atoms with Crippen LogP contribution in [0, 0.1) is 11.8 Å².